The van der Waals surface area contributed by atoms with Crippen LogP contribution in [0.3, 0.4) is 0 Å². The van der Waals surface area contributed by atoms with Gasteiger partial charge in [0.1, 0.15) is 6.10 Å². The van der Waals surface area contributed by atoms with Crippen LogP contribution in [0.5, 0.6) is 0 Å². The Kier molecular flexibility index (Phi) is 4.22. The van der Waals surface area contributed by atoms with Crippen molar-refractivity contribution in [2.24, 2.45) is 34.5 Å². The summed E-state index contributed by atoms with van der Waals surface area (Å²) >= 11 is 0. The monoisotopic (exact) mass is 376 g/mol. The van der Waals surface area contributed by atoms with Gasteiger partial charge >= 0.3 is 5.97 Å². The summed E-state index contributed by atoms with van der Waals surface area (Å²) in [5.74, 6) is 2.71. The molecular formula is C23H36O4. The van der Waals surface area contributed by atoms with Crippen molar-refractivity contribution in [3.8, 4) is 0 Å². The molecule has 0 aromatic rings. The molecule has 4 heteroatoms. The maximum Gasteiger partial charge on any atom is 0.302 e. The van der Waals surface area contributed by atoms with E-state index in [4.69, 9.17) is 14.2 Å². The molecular weight excluding hydrogens is 340 g/mol. The van der Waals surface area contributed by atoms with E-state index in [9.17, 15) is 4.79 Å². The quantitative estimate of drug-likeness (QED) is 0.622. The molecule has 0 bridgehead atoms. The van der Waals surface area contributed by atoms with Crippen molar-refractivity contribution in [3.05, 3.63) is 0 Å². The van der Waals surface area contributed by atoms with Crippen LogP contribution in [0.4, 0.5) is 0 Å². The fraction of sp³-hybridized carbons (Fsp3) is 0.957. The van der Waals surface area contributed by atoms with E-state index < -0.39 is 0 Å². The van der Waals surface area contributed by atoms with Crippen molar-refractivity contribution < 1.29 is 19.0 Å². The third kappa shape index (κ3) is 2.51. The van der Waals surface area contributed by atoms with Crippen LogP contribution in [0, 0.1) is 34.5 Å². The molecule has 27 heavy (non-hydrogen) atoms. The molecule has 4 nitrogen and oxygen atoms in total. The summed E-state index contributed by atoms with van der Waals surface area (Å²) in [7, 11) is 0. The van der Waals surface area contributed by atoms with Crippen LogP contribution in [0.25, 0.3) is 0 Å². The molecule has 0 unspecified atom stereocenters. The Bertz CT molecular complexity index is 611. The number of carbonyl (C=O) groups excluding carboxylic acids is 1. The second-order valence-electron chi connectivity index (χ2n) is 10.6. The fourth-order valence-corrected chi connectivity index (χ4v) is 8.45. The van der Waals surface area contributed by atoms with Crippen molar-refractivity contribution in [1.29, 1.82) is 0 Å². The topological polar surface area (TPSA) is 44.8 Å². The van der Waals surface area contributed by atoms with E-state index in [1.54, 1.807) is 6.92 Å². The number of esters is 1. The largest absolute Gasteiger partial charge is 0.463 e. The van der Waals surface area contributed by atoms with Crippen LogP contribution >= 0.6 is 0 Å². The molecule has 5 aliphatic rings. The molecule has 1 heterocycles. The molecule has 1 spiro atoms. The maximum absolute atomic E-state index is 11.4. The summed E-state index contributed by atoms with van der Waals surface area (Å²) in [5.41, 5.74) is 0.622. The first-order chi connectivity index (χ1) is 12.9. The van der Waals surface area contributed by atoms with Gasteiger partial charge in [-0.2, -0.15) is 0 Å². The van der Waals surface area contributed by atoms with Gasteiger partial charge in [0.15, 0.2) is 5.79 Å². The number of fused-ring (bicyclic) bond motifs is 6. The molecule has 0 aromatic heterocycles. The zero-order valence-corrected chi connectivity index (χ0v) is 17.3. The Balaban J connectivity index is 1.37. The third-order valence-corrected chi connectivity index (χ3v) is 9.75. The minimum Gasteiger partial charge on any atom is -0.463 e. The first-order valence-electron chi connectivity index (χ1n) is 11.3. The lowest BCUT2D eigenvalue weighted by Gasteiger charge is -2.61. The van der Waals surface area contributed by atoms with Crippen molar-refractivity contribution in [2.75, 3.05) is 13.2 Å². The molecule has 0 aromatic carbocycles. The lowest BCUT2D eigenvalue weighted by atomic mass is 9.45. The minimum absolute atomic E-state index is 0.112. The molecule has 4 aliphatic carbocycles. The summed E-state index contributed by atoms with van der Waals surface area (Å²) in [5, 5.41) is 0. The van der Waals surface area contributed by atoms with Gasteiger partial charge in [-0.25, -0.2) is 0 Å². The van der Waals surface area contributed by atoms with Crippen LogP contribution in [0.15, 0.2) is 0 Å². The highest BCUT2D eigenvalue weighted by atomic mass is 16.7. The summed E-state index contributed by atoms with van der Waals surface area (Å²) in [6.07, 6.45) is 11.1. The minimum atomic E-state index is -0.284. The molecule has 0 radical (unpaired) electrons. The second kappa shape index (κ2) is 6.19. The molecule has 5 rings (SSSR count). The summed E-state index contributed by atoms with van der Waals surface area (Å²) in [4.78, 5) is 11.4. The molecule has 5 fully saturated rings. The van der Waals surface area contributed by atoms with E-state index in [0.717, 1.165) is 56.1 Å². The fourth-order valence-electron chi connectivity index (χ4n) is 8.45. The molecule has 152 valence electrons. The van der Waals surface area contributed by atoms with Crippen LogP contribution in [0.1, 0.15) is 78.6 Å². The van der Waals surface area contributed by atoms with Gasteiger partial charge in [-0.1, -0.05) is 13.8 Å². The Morgan fingerprint density at radius 1 is 0.926 bits per heavy atom. The van der Waals surface area contributed by atoms with Crippen LogP contribution < -0.4 is 0 Å². The van der Waals surface area contributed by atoms with Crippen molar-refractivity contribution in [3.63, 3.8) is 0 Å². The van der Waals surface area contributed by atoms with Gasteiger partial charge in [-0.15, -0.1) is 0 Å². The van der Waals surface area contributed by atoms with E-state index in [0.29, 0.717) is 5.41 Å². The van der Waals surface area contributed by atoms with Crippen LogP contribution in [-0.2, 0) is 19.0 Å². The average Bonchev–Trinajstić information content (AvgIpc) is 3.21. The number of hydrogen-bond donors (Lipinski definition) is 0. The molecule has 1 saturated heterocycles. The predicted molar refractivity (Wildman–Crippen MR) is 102 cm³/mol. The summed E-state index contributed by atoms with van der Waals surface area (Å²) in [6, 6.07) is 0. The normalized spacial score (nSPS) is 50.7. The van der Waals surface area contributed by atoms with Crippen LogP contribution in [0.2, 0.25) is 0 Å². The number of ether oxygens (including phenoxy) is 3. The van der Waals surface area contributed by atoms with Gasteiger partial charge in [0, 0.05) is 18.8 Å². The smallest absolute Gasteiger partial charge is 0.302 e. The zero-order chi connectivity index (χ0) is 18.9. The summed E-state index contributed by atoms with van der Waals surface area (Å²) in [6.45, 7) is 8.13. The van der Waals surface area contributed by atoms with Crippen molar-refractivity contribution in [1.82, 2.24) is 0 Å². The Morgan fingerprint density at radius 3 is 2.41 bits per heavy atom. The van der Waals surface area contributed by atoms with E-state index >= 15 is 0 Å². The van der Waals surface area contributed by atoms with Gasteiger partial charge in [-0.05, 0) is 80.5 Å². The zero-order valence-electron chi connectivity index (χ0n) is 17.3. The SMILES string of the molecule is CC(=O)O[C@@H]1CC[C@@]2(C)[C@@H](CC[C@H]3[C@H]2CC[C@@]2(C)[C@@H]3CCC23OCCO3)C1. The number of hydrogen-bond acceptors (Lipinski definition) is 4. The van der Waals surface area contributed by atoms with Gasteiger partial charge in [0.25, 0.3) is 0 Å². The lowest BCUT2D eigenvalue weighted by Crippen LogP contribution is -2.57. The lowest BCUT2D eigenvalue weighted by molar-refractivity contribution is -0.248. The highest BCUT2D eigenvalue weighted by Gasteiger charge is 2.67. The molecule has 7 atom stereocenters. The third-order valence-electron chi connectivity index (χ3n) is 9.75. The maximum atomic E-state index is 11.4. The van der Waals surface area contributed by atoms with Crippen LogP contribution in [-0.4, -0.2) is 31.1 Å². The van der Waals surface area contributed by atoms with E-state index in [-0.39, 0.29) is 23.3 Å². The molecule has 0 amide bonds. The average molecular weight is 377 g/mol. The van der Waals surface area contributed by atoms with E-state index in [2.05, 4.69) is 13.8 Å². The number of carbonyl (C=O) groups is 1. The van der Waals surface area contributed by atoms with E-state index in [1.807, 2.05) is 0 Å². The Hall–Kier alpha value is -0.610. The first kappa shape index (κ1) is 18.4. The molecule has 1 aliphatic heterocycles. The Morgan fingerprint density at radius 2 is 1.67 bits per heavy atom. The van der Waals surface area contributed by atoms with Gasteiger partial charge in [-0.3, -0.25) is 4.79 Å². The second-order valence-corrected chi connectivity index (χ2v) is 10.6. The van der Waals surface area contributed by atoms with Crippen molar-refractivity contribution in [2.45, 2.75) is 90.4 Å². The first-order valence-corrected chi connectivity index (χ1v) is 11.3. The van der Waals surface area contributed by atoms with E-state index in [1.165, 1.54) is 38.5 Å². The van der Waals surface area contributed by atoms with Gasteiger partial charge < -0.3 is 14.2 Å². The van der Waals surface area contributed by atoms with Gasteiger partial charge in [0.05, 0.1) is 13.2 Å². The summed E-state index contributed by atoms with van der Waals surface area (Å²) < 4.78 is 18.1. The molecule has 4 saturated carbocycles. The van der Waals surface area contributed by atoms with Crippen molar-refractivity contribution >= 4 is 5.97 Å². The molecule has 0 N–H and O–H groups in total. The number of rotatable bonds is 1. The van der Waals surface area contributed by atoms with Gasteiger partial charge in [0.2, 0.25) is 0 Å². The standard InChI is InChI=1S/C23H36O4/c1-15(24)27-17-6-9-21(2)16(14-17)4-5-18-19(21)7-10-22(3)20(18)8-11-23(22)25-12-13-26-23/h16-20H,4-14H2,1-3H3/t16-,17+,18-,19+,20+,21-,22-/m0/s1. The highest BCUT2D eigenvalue weighted by Crippen LogP contribution is 2.69. The highest BCUT2D eigenvalue weighted by molar-refractivity contribution is 5.66. The Labute approximate surface area is 163 Å². The predicted octanol–water partition coefficient (Wildman–Crippen LogP) is 4.70.